The SMILES string of the molecule is Cc1ncsc1C(=O)N(C)CC1CNCCO1. The van der Waals surface area contributed by atoms with Gasteiger partial charge in [-0.1, -0.05) is 0 Å². The van der Waals surface area contributed by atoms with E-state index in [0.717, 1.165) is 23.7 Å². The molecule has 0 radical (unpaired) electrons. The van der Waals surface area contributed by atoms with Crippen molar-refractivity contribution in [2.45, 2.75) is 13.0 Å². The van der Waals surface area contributed by atoms with Crippen LogP contribution >= 0.6 is 11.3 Å². The van der Waals surface area contributed by atoms with Crippen LogP contribution in [-0.4, -0.2) is 55.2 Å². The van der Waals surface area contributed by atoms with Gasteiger partial charge in [-0.05, 0) is 6.92 Å². The molecule has 1 aromatic heterocycles. The first-order valence-electron chi connectivity index (χ1n) is 5.66. The second kappa shape index (κ2) is 5.57. The third-order valence-electron chi connectivity index (χ3n) is 2.77. The number of nitrogens with one attached hydrogen (secondary N) is 1. The van der Waals surface area contributed by atoms with Crippen molar-refractivity contribution in [2.75, 3.05) is 33.3 Å². The molecule has 1 aromatic rings. The highest BCUT2D eigenvalue weighted by Gasteiger charge is 2.21. The van der Waals surface area contributed by atoms with Crippen molar-refractivity contribution in [2.24, 2.45) is 0 Å². The highest BCUT2D eigenvalue weighted by atomic mass is 32.1. The van der Waals surface area contributed by atoms with Crippen molar-refractivity contribution < 1.29 is 9.53 Å². The van der Waals surface area contributed by atoms with Gasteiger partial charge >= 0.3 is 0 Å². The van der Waals surface area contributed by atoms with Crippen molar-refractivity contribution in [3.05, 3.63) is 16.1 Å². The molecule has 5 nitrogen and oxygen atoms in total. The topological polar surface area (TPSA) is 54.5 Å². The molecule has 6 heteroatoms. The molecule has 1 N–H and O–H groups in total. The minimum atomic E-state index is 0.0270. The lowest BCUT2D eigenvalue weighted by Crippen LogP contribution is -2.45. The summed E-state index contributed by atoms with van der Waals surface area (Å²) in [5, 5.41) is 3.25. The van der Waals surface area contributed by atoms with E-state index >= 15 is 0 Å². The molecule has 2 rings (SSSR count). The number of nitrogens with zero attached hydrogens (tertiary/aromatic N) is 2. The fourth-order valence-electron chi connectivity index (χ4n) is 1.81. The Morgan fingerprint density at radius 3 is 3.18 bits per heavy atom. The minimum Gasteiger partial charge on any atom is -0.374 e. The van der Waals surface area contributed by atoms with E-state index in [1.165, 1.54) is 11.3 Å². The highest BCUT2D eigenvalue weighted by molar-refractivity contribution is 7.11. The number of morpholine rings is 1. The maximum absolute atomic E-state index is 12.1. The third kappa shape index (κ3) is 3.02. The number of hydrogen-bond donors (Lipinski definition) is 1. The monoisotopic (exact) mass is 255 g/mol. The first-order valence-corrected chi connectivity index (χ1v) is 6.54. The predicted molar refractivity (Wildman–Crippen MR) is 66.4 cm³/mol. The van der Waals surface area contributed by atoms with E-state index in [4.69, 9.17) is 4.74 Å². The van der Waals surface area contributed by atoms with Gasteiger partial charge in [0.1, 0.15) is 4.88 Å². The fourth-order valence-corrected chi connectivity index (χ4v) is 2.60. The van der Waals surface area contributed by atoms with Gasteiger partial charge in [-0.15, -0.1) is 11.3 Å². The van der Waals surface area contributed by atoms with Crippen LogP contribution in [0.25, 0.3) is 0 Å². The predicted octanol–water partition coefficient (Wildman–Crippen LogP) is 0.512. The number of likely N-dealkylation sites (N-methyl/N-ethyl adjacent to an activating group) is 1. The second-order valence-corrected chi connectivity index (χ2v) is 5.00. The van der Waals surface area contributed by atoms with E-state index in [2.05, 4.69) is 10.3 Å². The third-order valence-corrected chi connectivity index (χ3v) is 3.68. The van der Waals surface area contributed by atoms with E-state index in [0.29, 0.717) is 13.2 Å². The summed E-state index contributed by atoms with van der Waals surface area (Å²) in [5.41, 5.74) is 2.50. The summed E-state index contributed by atoms with van der Waals surface area (Å²) < 4.78 is 5.58. The summed E-state index contributed by atoms with van der Waals surface area (Å²) in [5.74, 6) is 0.0270. The van der Waals surface area contributed by atoms with Gasteiger partial charge in [-0.25, -0.2) is 4.98 Å². The largest absolute Gasteiger partial charge is 0.374 e. The Labute approximate surface area is 105 Å². The summed E-state index contributed by atoms with van der Waals surface area (Å²) in [6.45, 7) is 4.88. The molecule has 1 atom stereocenters. The summed E-state index contributed by atoms with van der Waals surface area (Å²) in [6.07, 6.45) is 0.0888. The van der Waals surface area contributed by atoms with Gasteiger partial charge in [0.25, 0.3) is 5.91 Å². The summed E-state index contributed by atoms with van der Waals surface area (Å²) in [7, 11) is 1.81. The zero-order chi connectivity index (χ0) is 12.3. The van der Waals surface area contributed by atoms with E-state index in [-0.39, 0.29) is 12.0 Å². The number of aryl methyl sites for hydroxylation is 1. The molecule has 1 unspecified atom stereocenters. The molecule has 0 saturated carbocycles. The Balaban J connectivity index is 1.93. The molecule has 0 spiro atoms. The molecule has 0 bridgehead atoms. The number of aromatic nitrogens is 1. The van der Waals surface area contributed by atoms with E-state index < -0.39 is 0 Å². The highest BCUT2D eigenvalue weighted by Crippen LogP contribution is 2.14. The van der Waals surface area contributed by atoms with E-state index in [1.807, 2.05) is 6.92 Å². The van der Waals surface area contributed by atoms with Crippen LogP contribution in [0.2, 0.25) is 0 Å². The van der Waals surface area contributed by atoms with Crippen LogP contribution < -0.4 is 5.32 Å². The Kier molecular flexibility index (Phi) is 4.09. The number of carbonyl (C=O) groups is 1. The molecule has 17 heavy (non-hydrogen) atoms. The molecule has 0 aromatic carbocycles. The average Bonchev–Trinajstić information content (AvgIpc) is 2.76. The molecule has 2 heterocycles. The van der Waals surface area contributed by atoms with Crippen LogP contribution in [0.1, 0.15) is 15.4 Å². The smallest absolute Gasteiger partial charge is 0.265 e. The quantitative estimate of drug-likeness (QED) is 0.855. The molecule has 1 aliphatic heterocycles. The second-order valence-electron chi connectivity index (χ2n) is 4.15. The van der Waals surface area contributed by atoms with Crippen LogP contribution in [0.3, 0.4) is 0 Å². The molecule has 94 valence electrons. The molecular weight excluding hydrogens is 238 g/mol. The molecule has 1 saturated heterocycles. The first kappa shape index (κ1) is 12.5. The standard InChI is InChI=1S/C11H17N3O2S/c1-8-10(17-7-13-8)11(15)14(2)6-9-5-12-3-4-16-9/h7,9,12H,3-6H2,1-2H3. The number of thiazole rings is 1. The number of rotatable bonds is 3. The van der Waals surface area contributed by atoms with Gasteiger partial charge < -0.3 is 15.0 Å². The van der Waals surface area contributed by atoms with Crippen molar-refractivity contribution >= 4 is 17.2 Å². The van der Waals surface area contributed by atoms with Gasteiger partial charge in [0.05, 0.1) is 23.9 Å². The summed E-state index contributed by atoms with van der Waals surface area (Å²) >= 11 is 1.39. The molecule has 1 aliphatic rings. The number of amides is 1. The lowest BCUT2D eigenvalue weighted by atomic mass is 10.2. The Morgan fingerprint density at radius 1 is 1.76 bits per heavy atom. The normalized spacial score (nSPS) is 20.2. The fraction of sp³-hybridized carbons (Fsp3) is 0.636. The van der Waals surface area contributed by atoms with Crippen LogP contribution in [0.4, 0.5) is 0 Å². The maximum Gasteiger partial charge on any atom is 0.265 e. The van der Waals surface area contributed by atoms with Crippen LogP contribution in [0.5, 0.6) is 0 Å². The summed E-state index contributed by atoms with van der Waals surface area (Å²) in [6, 6.07) is 0. The molecule has 1 amide bonds. The van der Waals surface area contributed by atoms with Crippen molar-refractivity contribution in [1.29, 1.82) is 0 Å². The van der Waals surface area contributed by atoms with E-state index in [9.17, 15) is 4.79 Å². The van der Waals surface area contributed by atoms with Gasteiger partial charge in [-0.3, -0.25) is 4.79 Å². The first-order chi connectivity index (χ1) is 8.18. The van der Waals surface area contributed by atoms with Gasteiger partial charge in [-0.2, -0.15) is 0 Å². The average molecular weight is 255 g/mol. The zero-order valence-corrected chi connectivity index (χ0v) is 10.9. The van der Waals surface area contributed by atoms with Gasteiger partial charge in [0, 0.05) is 26.7 Å². The maximum atomic E-state index is 12.1. The van der Waals surface area contributed by atoms with Crippen LogP contribution in [0, 0.1) is 6.92 Å². The molecule has 1 fully saturated rings. The van der Waals surface area contributed by atoms with Crippen LogP contribution in [0.15, 0.2) is 5.51 Å². The van der Waals surface area contributed by atoms with E-state index in [1.54, 1.807) is 17.5 Å². The Hall–Kier alpha value is -0.980. The lowest BCUT2D eigenvalue weighted by Gasteiger charge is -2.27. The van der Waals surface area contributed by atoms with Crippen molar-refractivity contribution in [3.63, 3.8) is 0 Å². The zero-order valence-electron chi connectivity index (χ0n) is 10.1. The van der Waals surface area contributed by atoms with Crippen molar-refractivity contribution in [3.8, 4) is 0 Å². The minimum absolute atomic E-state index is 0.0270. The Morgan fingerprint density at radius 2 is 2.59 bits per heavy atom. The Bertz CT molecular complexity index is 388. The number of hydrogen-bond acceptors (Lipinski definition) is 5. The number of carbonyl (C=O) groups excluding carboxylic acids is 1. The molecular formula is C11H17N3O2S. The lowest BCUT2D eigenvalue weighted by molar-refractivity contribution is 0.0104. The van der Waals surface area contributed by atoms with Gasteiger partial charge in [0.2, 0.25) is 0 Å². The number of ether oxygens (including phenoxy) is 1. The summed E-state index contributed by atoms with van der Waals surface area (Å²) in [4.78, 5) is 18.6. The van der Waals surface area contributed by atoms with Crippen molar-refractivity contribution in [1.82, 2.24) is 15.2 Å². The van der Waals surface area contributed by atoms with Crippen LogP contribution in [-0.2, 0) is 4.74 Å². The van der Waals surface area contributed by atoms with Gasteiger partial charge in [0.15, 0.2) is 0 Å². The molecule has 0 aliphatic carbocycles.